The summed E-state index contributed by atoms with van der Waals surface area (Å²) in [5, 5.41) is 26.0. The maximum absolute atomic E-state index is 14.0. The molecule has 0 bridgehead atoms. The molecule has 14 heteroatoms. The van der Waals surface area contributed by atoms with Crippen LogP contribution in [0.4, 0.5) is 4.79 Å². The van der Waals surface area contributed by atoms with E-state index < -0.39 is 53.8 Å². The number of nitrogens with zero attached hydrogens (tertiary/aromatic N) is 2. The molecular weight excluding hydrogens is 688 g/mol. The van der Waals surface area contributed by atoms with Crippen LogP contribution in [0.2, 0.25) is 0 Å². The van der Waals surface area contributed by atoms with Crippen molar-refractivity contribution in [2.75, 3.05) is 13.1 Å². The van der Waals surface area contributed by atoms with Gasteiger partial charge in [-0.05, 0) is 63.1 Å². The maximum atomic E-state index is 14.0. The van der Waals surface area contributed by atoms with Gasteiger partial charge >= 0.3 is 6.09 Å². The first-order valence-corrected chi connectivity index (χ1v) is 18.8. The standard InChI is InChI=1S/C40H60N8O6/c1-26(2)19-31(35(49)24-44-36(50)32(20-27(3)4)43-18-16-29-15-11-12-17-42-29)46-38(52)34(22-30-23-41-25-45-30)47-37(51)33(21-28-13-9-8-10-14-28)48-39(53)54-40(5,6)7/h8-15,17,23,25-27,31-35,43,49H,16,18-22,24H2,1-7H3,(H,41,45)(H,44,50)(H,46,52)(H,47,51)(H,48,53)/t31?,32-,33-,34-,35?/m0/s1. The zero-order chi connectivity index (χ0) is 39.7. The number of carbonyl (C=O) groups excluding carboxylic acids is 4. The van der Waals surface area contributed by atoms with E-state index in [1.807, 2.05) is 76.2 Å². The highest BCUT2D eigenvalue weighted by Gasteiger charge is 2.32. The molecule has 0 aliphatic carbocycles. The topological polar surface area (TPSA) is 199 Å². The van der Waals surface area contributed by atoms with Gasteiger partial charge in [-0.2, -0.15) is 0 Å². The fraction of sp³-hybridized carbons (Fsp3) is 0.550. The molecule has 2 aromatic heterocycles. The van der Waals surface area contributed by atoms with Crippen molar-refractivity contribution in [1.82, 2.24) is 41.5 Å². The number of amides is 4. The van der Waals surface area contributed by atoms with Crippen molar-refractivity contribution < 1.29 is 29.0 Å². The van der Waals surface area contributed by atoms with Crippen molar-refractivity contribution in [3.63, 3.8) is 0 Å². The molecule has 3 rings (SSSR count). The maximum Gasteiger partial charge on any atom is 0.408 e. The van der Waals surface area contributed by atoms with Crippen LogP contribution >= 0.6 is 0 Å². The highest BCUT2D eigenvalue weighted by molar-refractivity contribution is 5.91. The van der Waals surface area contributed by atoms with Crippen molar-refractivity contribution in [2.45, 2.75) is 116 Å². The minimum atomic E-state index is -1.13. The van der Waals surface area contributed by atoms with Gasteiger partial charge in [0.25, 0.3) is 0 Å². The number of nitrogens with one attached hydrogen (secondary N) is 6. The third-order valence-corrected chi connectivity index (χ3v) is 8.43. The molecule has 54 heavy (non-hydrogen) atoms. The first-order chi connectivity index (χ1) is 25.6. The van der Waals surface area contributed by atoms with Crippen LogP contribution in [-0.2, 0) is 38.4 Å². The van der Waals surface area contributed by atoms with Crippen molar-refractivity contribution in [3.05, 3.63) is 84.2 Å². The van der Waals surface area contributed by atoms with Crippen molar-refractivity contribution in [3.8, 4) is 0 Å². The largest absolute Gasteiger partial charge is 0.444 e. The smallest absolute Gasteiger partial charge is 0.408 e. The number of imidazole rings is 1. The van der Waals surface area contributed by atoms with E-state index in [0.29, 0.717) is 31.5 Å². The predicted molar refractivity (Wildman–Crippen MR) is 207 cm³/mol. The number of aliphatic hydroxyl groups excluding tert-OH is 1. The van der Waals surface area contributed by atoms with Crippen molar-refractivity contribution in [1.29, 1.82) is 0 Å². The zero-order valence-electron chi connectivity index (χ0n) is 32.7. The summed E-state index contributed by atoms with van der Waals surface area (Å²) in [6.07, 6.45) is 4.74. The molecule has 4 amide bonds. The van der Waals surface area contributed by atoms with Crippen LogP contribution in [0.1, 0.15) is 78.3 Å². The van der Waals surface area contributed by atoms with Gasteiger partial charge in [0, 0.05) is 56.1 Å². The van der Waals surface area contributed by atoms with Gasteiger partial charge in [-0.1, -0.05) is 64.1 Å². The molecule has 5 atom stereocenters. The summed E-state index contributed by atoms with van der Waals surface area (Å²) in [5.41, 5.74) is 1.52. The van der Waals surface area contributed by atoms with Crippen molar-refractivity contribution in [2.24, 2.45) is 11.8 Å². The Morgan fingerprint density at radius 2 is 1.48 bits per heavy atom. The first kappa shape index (κ1) is 43.6. The minimum absolute atomic E-state index is 0.0599. The Bertz CT molecular complexity index is 1560. The van der Waals surface area contributed by atoms with Gasteiger partial charge in [0.05, 0.1) is 24.5 Å². The molecule has 2 unspecified atom stereocenters. The number of carbonyl (C=O) groups is 4. The Balaban J connectivity index is 1.73. The van der Waals surface area contributed by atoms with Gasteiger partial charge in [0.2, 0.25) is 17.7 Å². The van der Waals surface area contributed by atoms with E-state index in [-0.39, 0.29) is 37.1 Å². The fourth-order valence-electron chi connectivity index (χ4n) is 5.86. The van der Waals surface area contributed by atoms with Gasteiger partial charge in [0.1, 0.15) is 17.7 Å². The average Bonchev–Trinajstić information content (AvgIpc) is 3.62. The zero-order valence-corrected chi connectivity index (χ0v) is 32.7. The molecule has 0 saturated carbocycles. The van der Waals surface area contributed by atoms with Crippen LogP contribution in [0.15, 0.2) is 67.3 Å². The van der Waals surface area contributed by atoms with Gasteiger partial charge in [-0.15, -0.1) is 0 Å². The van der Waals surface area contributed by atoms with E-state index in [4.69, 9.17) is 4.74 Å². The van der Waals surface area contributed by atoms with E-state index >= 15 is 0 Å². The molecule has 0 fully saturated rings. The number of aromatic amines is 1. The lowest BCUT2D eigenvalue weighted by Crippen LogP contribution is -2.58. The second-order valence-electron chi connectivity index (χ2n) is 15.5. The summed E-state index contributed by atoms with van der Waals surface area (Å²) < 4.78 is 5.43. The first-order valence-electron chi connectivity index (χ1n) is 18.8. The molecule has 0 radical (unpaired) electrons. The molecule has 296 valence electrons. The van der Waals surface area contributed by atoms with Gasteiger partial charge in [-0.3, -0.25) is 19.4 Å². The Labute approximate surface area is 319 Å². The molecule has 0 aliphatic heterocycles. The van der Waals surface area contributed by atoms with E-state index in [1.165, 1.54) is 6.33 Å². The number of H-pyrrole nitrogens is 1. The third-order valence-electron chi connectivity index (χ3n) is 8.43. The van der Waals surface area contributed by atoms with Gasteiger partial charge in [-0.25, -0.2) is 9.78 Å². The Hall–Kier alpha value is -4.82. The second kappa shape index (κ2) is 21.8. The van der Waals surface area contributed by atoms with Crippen LogP contribution in [0.3, 0.4) is 0 Å². The summed E-state index contributed by atoms with van der Waals surface area (Å²) in [5.74, 6) is -1.06. The minimum Gasteiger partial charge on any atom is -0.444 e. The molecule has 0 aliphatic rings. The number of ether oxygens (including phenoxy) is 1. The van der Waals surface area contributed by atoms with Gasteiger partial charge in [0.15, 0.2) is 0 Å². The molecule has 1 aromatic carbocycles. The average molecular weight is 749 g/mol. The lowest BCUT2D eigenvalue weighted by Gasteiger charge is -2.29. The molecule has 0 saturated heterocycles. The summed E-state index contributed by atoms with van der Waals surface area (Å²) in [4.78, 5) is 65.4. The van der Waals surface area contributed by atoms with Crippen molar-refractivity contribution >= 4 is 23.8 Å². The SMILES string of the molecule is CC(C)CC(NC(=O)[C@H](Cc1cnc[nH]1)NC(=O)[C@H](Cc1ccccc1)NC(=O)OC(C)(C)C)C(O)CNC(=O)[C@H](CC(C)C)NCCc1ccccn1. The highest BCUT2D eigenvalue weighted by Crippen LogP contribution is 2.13. The number of rotatable bonds is 21. The van der Waals surface area contributed by atoms with Crippen LogP contribution < -0.4 is 26.6 Å². The summed E-state index contributed by atoms with van der Waals surface area (Å²) in [6, 6.07) is 11.5. The fourth-order valence-corrected chi connectivity index (χ4v) is 5.86. The third kappa shape index (κ3) is 16.5. The Morgan fingerprint density at radius 3 is 2.09 bits per heavy atom. The molecule has 7 N–H and O–H groups in total. The Morgan fingerprint density at radius 1 is 0.815 bits per heavy atom. The monoisotopic (exact) mass is 748 g/mol. The molecule has 14 nitrogen and oxygen atoms in total. The number of pyridine rings is 1. The molecule has 2 heterocycles. The quantitative estimate of drug-likeness (QED) is 0.0855. The predicted octanol–water partition coefficient (Wildman–Crippen LogP) is 3.22. The number of hydrogen-bond acceptors (Lipinski definition) is 9. The number of aromatic nitrogens is 3. The number of benzene rings is 1. The van der Waals surface area contributed by atoms with E-state index in [0.717, 1.165) is 11.3 Å². The van der Waals surface area contributed by atoms with E-state index in [2.05, 4.69) is 41.5 Å². The summed E-state index contributed by atoms with van der Waals surface area (Å²) in [6.45, 7) is 13.7. The van der Waals surface area contributed by atoms with E-state index in [9.17, 15) is 24.3 Å². The van der Waals surface area contributed by atoms with Crippen LogP contribution in [0.25, 0.3) is 0 Å². The number of alkyl carbamates (subject to hydrolysis) is 1. The summed E-state index contributed by atoms with van der Waals surface area (Å²) >= 11 is 0. The van der Waals surface area contributed by atoms with Crippen LogP contribution in [0, 0.1) is 11.8 Å². The normalized spacial score (nSPS) is 14.4. The lowest BCUT2D eigenvalue weighted by molar-refractivity contribution is -0.131. The molecule has 3 aromatic rings. The lowest BCUT2D eigenvalue weighted by atomic mass is 9.97. The van der Waals surface area contributed by atoms with E-state index in [1.54, 1.807) is 33.2 Å². The Kier molecular flexibility index (Phi) is 17.6. The van der Waals surface area contributed by atoms with Crippen LogP contribution in [0.5, 0.6) is 0 Å². The second-order valence-corrected chi connectivity index (χ2v) is 15.5. The summed E-state index contributed by atoms with van der Waals surface area (Å²) in [7, 11) is 0. The number of hydrogen-bond donors (Lipinski definition) is 7. The molecule has 0 spiro atoms. The van der Waals surface area contributed by atoms with Gasteiger partial charge < -0.3 is 41.4 Å². The highest BCUT2D eigenvalue weighted by atomic mass is 16.6. The number of aliphatic hydroxyl groups is 1. The molecular formula is C40H60N8O6. The van der Waals surface area contributed by atoms with Crippen LogP contribution in [-0.4, -0.2) is 92.8 Å².